The fraction of sp³-hybridized carbons (Fsp3) is 0.167. The quantitative estimate of drug-likeness (QED) is 0.334. The van der Waals surface area contributed by atoms with E-state index in [1.165, 1.54) is 0 Å². The molecule has 2 rings (SSSR count). The number of halogens is 3. The Morgan fingerprint density at radius 3 is 2.26 bits per heavy atom. The Labute approximate surface area is 161 Å². The second-order valence-electron chi connectivity index (χ2n) is 4.84. The maximum absolute atomic E-state index is 9.44. The molecule has 0 fully saturated rings. The van der Waals surface area contributed by atoms with E-state index in [9.17, 15) is 5.26 Å². The fourth-order valence-corrected chi connectivity index (χ4v) is 3.70. The van der Waals surface area contributed by atoms with E-state index in [0.29, 0.717) is 12.2 Å². The van der Waals surface area contributed by atoms with Crippen LogP contribution in [0.25, 0.3) is 11.6 Å². The Bertz CT molecular complexity index is 738. The summed E-state index contributed by atoms with van der Waals surface area (Å²) < 4.78 is 8.43. The zero-order valence-electron chi connectivity index (χ0n) is 12.4. The molecule has 0 atom stereocenters. The molecule has 0 bridgehead atoms. The lowest BCUT2D eigenvalue weighted by Crippen LogP contribution is -1.97. The van der Waals surface area contributed by atoms with Crippen LogP contribution in [0.2, 0.25) is 0 Å². The predicted octanol–water partition coefficient (Wildman–Crippen LogP) is 6.83. The van der Waals surface area contributed by atoms with Gasteiger partial charge in [-0.2, -0.15) is 5.26 Å². The third kappa shape index (κ3) is 4.94. The second kappa shape index (κ2) is 8.68. The summed E-state index contributed by atoms with van der Waals surface area (Å²) in [5.74, 6) is 0.783. The molecule has 0 spiro atoms. The van der Waals surface area contributed by atoms with Gasteiger partial charge in [0.1, 0.15) is 5.75 Å². The van der Waals surface area contributed by atoms with Gasteiger partial charge in [-0.1, -0.05) is 35.0 Å². The van der Waals surface area contributed by atoms with Crippen LogP contribution in [0.15, 0.2) is 49.8 Å². The molecule has 0 saturated heterocycles. The van der Waals surface area contributed by atoms with Gasteiger partial charge in [-0.05, 0) is 79.7 Å². The first-order valence-corrected chi connectivity index (χ1v) is 9.42. The molecule has 2 nitrogen and oxygen atoms in total. The van der Waals surface area contributed by atoms with Gasteiger partial charge in [-0.3, -0.25) is 0 Å². The molecule has 0 N–H and O–H groups in total. The van der Waals surface area contributed by atoms with E-state index in [2.05, 4.69) is 60.8 Å². The minimum Gasteiger partial charge on any atom is -0.491 e. The van der Waals surface area contributed by atoms with Crippen molar-refractivity contribution in [2.45, 2.75) is 13.3 Å². The highest BCUT2D eigenvalue weighted by Gasteiger charge is 2.09. The molecule has 0 aliphatic heterocycles. The van der Waals surface area contributed by atoms with Crippen molar-refractivity contribution >= 4 is 59.4 Å². The van der Waals surface area contributed by atoms with E-state index in [1.54, 1.807) is 0 Å². The molecule has 0 radical (unpaired) electrons. The number of hydrogen-bond donors (Lipinski definition) is 0. The molecular weight excluding hydrogens is 486 g/mol. The van der Waals surface area contributed by atoms with E-state index in [1.807, 2.05) is 42.5 Å². The number of ether oxygens (including phenoxy) is 1. The van der Waals surface area contributed by atoms with Gasteiger partial charge in [0.2, 0.25) is 0 Å². The SMILES string of the molecule is CCCOc1c(Br)cc(/C=C(\C#N)c2ccc(Br)cc2)cc1Br. The maximum Gasteiger partial charge on any atom is 0.147 e. The molecule has 118 valence electrons. The highest BCUT2D eigenvalue weighted by Crippen LogP contribution is 2.36. The Kier molecular flexibility index (Phi) is 6.88. The summed E-state index contributed by atoms with van der Waals surface area (Å²) in [4.78, 5) is 0. The molecule has 0 heterocycles. The van der Waals surface area contributed by atoms with E-state index in [0.717, 1.165) is 36.7 Å². The van der Waals surface area contributed by atoms with Crippen molar-refractivity contribution in [1.29, 1.82) is 5.26 Å². The summed E-state index contributed by atoms with van der Waals surface area (Å²) in [7, 11) is 0. The van der Waals surface area contributed by atoms with Gasteiger partial charge in [0.25, 0.3) is 0 Å². The van der Waals surface area contributed by atoms with E-state index in [4.69, 9.17) is 4.74 Å². The first kappa shape index (κ1) is 18.3. The van der Waals surface area contributed by atoms with Crippen LogP contribution in [0.4, 0.5) is 0 Å². The fourth-order valence-electron chi connectivity index (χ4n) is 1.98. The maximum atomic E-state index is 9.44. The first-order valence-electron chi connectivity index (χ1n) is 7.04. The van der Waals surface area contributed by atoms with Crippen molar-refractivity contribution < 1.29 is 4.74 Å². The zero-order valence-corrected chi connectivity index (χ0v) is 17.2. The average molecular weight is 500 g/mol. The highest BCUT2D eigenvalue weighted by molar-refractivity contribution is 9.11. The molecule has 23 heavy (non-hydrogen) atoms. The van der Waals surface area contributed by atoms with Crippen LogP contribution in [0.3, 0.4) is 0 Å². The van der Waals surface area contributed by atoms with Crippen LogP contribution in [-0.4, -0.2) is 6.61 Å². The molecule has 5 heteroatoms. The zero-order chi connectivity index (χ0) is 16.8. The summed E-state index contributed by atoms with van der Waals surface area (Å²) in [5.41, 5.74) is 2.42. The van der Waals surface area contributed by atoms with Crippen LogP contribution in [0.1, 0.15) is 24.5 Å². The van der Waals surface area contributed by atoms with Crippen LogP contribution >= 0.6 is 47.8 Å². The van der Waals surface area contributed by atoms with Gasteiger partial charge in [0.05, 0.1) is 27.2 Å². The van der Waals surface area contributed by atoms with Gasteiger partial charge in [0.15, 0.2) is 0 Å². The molecular formula is C18H14Br3NO. The molecule has 0 unspecified atom stereocenters. The minimum absolute atomic E-state index is 0.610. The van der Waals surface area contributed by atoms with Crippen molar-refractivity contribution in [2.75, 3.05) is 6.61 Å². The van der Waals surface area contributed by atoms with Gasteiger partial charge >= 0.3 is 0 Å². The summed E-state index contributed by atoms with van der Waals surface area (Å²) in [5, 5.41) is 9.44. The third-order valence-electron chi connectivity index (χ3n) is 3.06. The Hall–Kier alpha value is -1.09. The van der Waals surface area contributed by atoms with Crippen molar-refractivity contribution in [2.24, 2.45) is 0 Å². The van der Waals surface area contributed by atoms with Crippen LogP contribution < -0.4 is 4.74 Å². The average Bonchev–Trinajstić information content (AvgIpc) is 2.53. The summed E-state index contributed by atoms with van der Waals surface area (Å²) in [6, 6.07) is 13.8. The van der Waals surface area contributed by atoms with E-state index >= 15 is 0 Å². The topological polar surface area (TPSA) is 33.0 Å². The monoisotopic (exact) mass is 497 g/mol. The Morgan fingerprint density at radius 1 is 1.13 bits per heavy atom. The smallest absolute Gasteiger partial charge is 0.147 e. The summed E-state index contributed by atoms with van der Waals surface area (Å²) in [6.45, 7) is 2.73. The third-order valence-corrected chi connectivity index (χ3v) is 4.76. The molecule has 2 aromatic carbocycles. The van der Waals surface area contributed by atoms with Gasteiger partial charge < -0.3 is 4.74 Å². The van der Waals surface area contributed by atoms with Crippen molar-refractivity contribution in [3.05, 3.63) is 60.9 Å². The second-order valence-corrected chi connectivity index (χ2v) is 7.46. The molecule has 0 saturated carbocycles. The first-order chi connectivity index (χ1) is 11.0. The lowest BCUT2D eigenvalue weighted by atomic mass is 10.0. The normalized spacial score (nSPS) is 11.2. The number of hydrogen-bond acceptors (Lipinski definition) is 2. The van der Waals surface area contributed by atoms with E-state index < -0.39 is 0 Å². The number of benzene rings is 2. The predicted molar refractivity (Wildman–Crippen MR) is 105 cm³/mol. The van der Waals surface area contributed by atoms with Crippen molar-refractivity contribution in [3.63, 3.8) is 0 Å². The highest BCUT2D eigenvalue weighted by atomic mass is 79.9. The van der Waals surface area contributed by atoms with E-state index in [-0.39, 0.29) is 0 Å². The Morgan fingerprint density at radius 2 is 1.74 bits per heavy atom. The largest absolute Gasteiger partial charge is 0.491 e. The lowest BCUT2D eigenvalue weighted by Gasteiger charge is -2.10. The Balaban J connectivity index is 2.37. The number of rotatable bonds is 5. The summed E-state index contributed by atoms with van der Waals surface area (Å²) in [6.07, 6.45) is 2.81. The standard InChI is InChI=1S/C18H14Br3NO/c1-2-7-23-18-16(20)9-12(10-17(18)21)8-14(11-22)13-3-5-15(19)6-4-13/h3-6,8-10H,2,7H2,1H3/b14-8+. The van der Waals surface area contributed by atoms with Crippen molar-refractivity contribution in [1.82, 2.24) is 0 Å². The number of nitriles is 1. The number of nitrogens with zero attached hydrogens (tertiary/aromatic N) is 1. The van der Waals surface area contributed by atoms with Gasteiger partial charge in [-0.25, -0.2) is 0 Å². The summed E-state index contributed by atoms with van der Waals surface area (Å²) >= 11 is 10.5. The molecule has 0 aliphatic carbocycles. The van der Waals surface area contributed by atoms with Crippen LogP contribution in [-0.2, 0) is 0 Å². The number of allylic oxidation sites excluding steroid dienone is 1. The molecule has 0 aromatic heterocycles. The molecule has 0 amide bonds. The van der Waals surface area contributed by atoms with Crippen LogP contribution in [0, 0.1) is 11.3 Å². The van der Waals surface area contributed by atoms with Gasteiger partial charge in [0, 0.05) is 4.47 Å². The van der Waals surface area contributed by atoms with Crippen molar-refractivity contribution in [3.8, 4) is 11.8 Å². The lowest BCUT2D eigenvalue weighted by molar-refractivity contribution is 0.313. The molecule has 0 aliphatic rings. The molecule has 2 aromatic rings. The minimum atomic E-state index is 0.610. The van der Waals surface area contributed by atoms with Crippen LogP contribution in [0.5, 0.6) is 5.75 Å². The van der Waals surface area contributed by atoms with Gasteiger partial charge in [-0.15, -0.1) is 0 Å².